The molecule has 0 radical (unpaired) electrons. The van der Waals surface area contributed by atoms with Gasteiger partial charge >= 0.3 is 19.5 Å². The fourth-order valence-electron chi connectivity index (χ4n) is 0.881. The van der Waals surface area contributed by atoms with Gasteiger partial charge in [-0.15, -0.1) is 6.07 Å². The summed E-state index contributed by atoms with van der Waals surface area (Å²) in [6, 6.07) is 5.54. The van der Waals surface area contributed by atoms with Crippen LogP contribution in [0.25, 0.3) is 0 Å². The third-order valence-electron chi connectivity index (χ3n) is 1.45. The smallest absolute Gasteiger partial charge is 0.506 e. The van der Waals surface area contributed by atoms with Crippen LogP contribution in [-0.2, 0) is 19.5 Å². The zero-order valence-electron chi connectivity index (χ0n) is 7.46. The number of hydrogen-bond donors (Lipinski definition) is 0. The minimum absolute atomic E-state index is 0. The summed E-state index contributed by atoms with van der Waals surface area (Å²) in [5, 5.41) is 0. The topological polar surface area (TPSA) is 18.5 Å². The Morgan fingerprint density at radius 1 is 1.08 bits per heavy atom. The number of hydrogen-bond acceptors (Lipinski definition) is 2. The Morgan fingerprint density at radius 3 is 2.17 bits per heavy atom. The molecule has 0 heterocycles. The molecule has 0 spiro atoms. The Kier molecular flexibility index (Phi) is 4.76. The fourth-order valence-corrected chi connectivity index (χ4v) is 0.881. The van der Waals surface area contributed by atoms with Gasteiger partial charge in [-0.3, -0.25) is 0 Å². The van der Waals surface area contributed by atoms with Gasteiger partial charge in [-0.05, 0) is 0 Å². The molecule has 0 N–H and O–H groups in total. The Hall–Kier alpha value is -0.687. The van der Waals surface area contributed by atoms with Crippen LogP contribution in [0.2, 0.25) is 0 Å². The predicted molar refractivity (Wildman–Crippen MR) is 44.0 cm³/mol. The number of ether oxygens (including phenoxy) is 2. The summed E-state index contributed by atoms with van der Waals surface area (Å²) in [4.78, 5) is 0. The molecular weight excluding hydrogens is 205 g/mol. The summed E-state index contributed by atoms with van der Waals surface area (Å²) in [7, 11) is 3.22. The number of methoxy groups -OCH3 is 2. The van der Waals surface area contributed by atoms with E-state index in [1.807, 2.05) is 18.2 Å². The molecule has 60 valence electrons. The zero-order chi connectivity index (χ0) is 8.27. The van der Waals surface area contributed by atoms with Gasteiger partial charge in [0.05, 0.1) is 14.2 Å². The van der Waals surface area contributed by atoms with E-state index in [4.69, 9.17) is 9.47 Å². The van der Waals surface area contributed by atoms with Crippen molar-refractivity contribution in [3.8, 4) is 11.5 Å². The van der Waals surface area contributed by atoms with Crippen LogP contribution in [0.5, 0.6) is 11.5 Å². The van der Waals surface area contributed by atoms with Crippen molar-refractivity contribution in [1.29, 1.82) is 0 Å². The number of rotatable bonds is 2. The molecular formula is C9H11O2Zn+. The van der Waals surface area contributed by atoms with E-state index in [-0.39, 0.29) is 19.5 Å². The first-order valence-corrected chi connectivity index (χ1v) is 3.32. The molecule has 0 unspecified atom stereocenters. The monoisotopic (exact) mass is 215 g/mol. The maximum absolute atomic E-state index is 5.05. The Bertz CT molecular complexity index is 248. The summed E-state index contributed by atoms with van der Waals surface area (Å²) < 4.78 is 10.1. The van der Waals surface area contributed by atoms with Crippen LogP contribution in [0, 0.1) is 6.92 Å². The van der Waals surface area contributed by atoms with E-state index >= 15 is 0 Å². The molecule has 0 atom stereocenters. The summed E-state index contributed by atoms with van der Waals surface area (Å²) >= 11 is 0. The van der Waals surface area contributed by atoms with E-state index in [0.29, 0.717) is 0 Å². The average Bonchev–Trinajstić information content (AvgIpc) is 2.04. The van der Waals surface area contributed by atoms with E-state index < -0.39 is 0 Å². The van der Waals surface area contributed by atoms with E-state index in [1.54, 1.807) is 14.2 Å². The Balaban J connectivity index is 0.00000121. The molecule has 1 aromatic carbocycles. The molecule has 0 amide bonds. The van der Waals surface area contributed by atoms with Crippen molar-refractivity contribution in [3.63, 3.8) is 0 Å². The second-order valence-electron chi connectivity index (χ2n) is 2.19. The van der Waals surface area contributed by atoms with Crippen LogP contribution in [0.1, 0.15) is 5.56 Å². The molecule has 1 aromatic rings. The Morgan fingerprint density at radius 2 is 1.67 bits per heavy atom. The van der Waals surface area contributed by atoms with Crippen LogP contribution in [0.4, 0.5) is 0 Å². The van der Waals surface area contributed by atoms with Crippen LogP contribution >= 0.6 is 0 Å². The van der Waals surface area contributed by atoms with E-state index in [9.17, 15) is 0 Å². The van der Waals surface area contributed by atoms with Crippen molar-refractivity contribution in [1.82, 2.24) is 0 Å². The molecule has 0 saturated carbocycles. The molecule has 0 aliphatic carbocycles. The molecule has 1 rings (SSSR count). The molecule has 0 aliphatic rings. The largest absolute Gasteiger partial charge is 2.00 e. The van der Waals surface area contributed by atoms with Gasteiger partial charge < -0.3 is 9.47 Å². The molecule has 0 aliphatic heterocycles. The van der Waals surface area contributed by atoms with Crippen molar-refractivity contribution < 1.29 is 29.0 Å². The molecule has 12 heavy (non-hydrogen) atoms. The van der Waals surface area contributed by atoms with Crippen molar-refractivity contribution in [2.75, 3.05) is 14.2 Å². The first-order chi connectivity index (χ1) is 5.27. The molecule has 0 bridgehead atoms. The summed E-state index contributed by atoms with van der Waals surface area (Å²) in [6.07, 6.45) is 0. The van der Waals surface area contributed by atoms with E-state index in [0.717, 1.165) is 17.1 Å². The minimum atomic E-state index is 0. The van der Waals surface area contributed by atoms with Crippen LogP contribution in [-0.4, -0.2) is 14.2 Å². The summed E-state index contributed by atoms with van der Waals surface area (Å²) in [6.45, 7) is 3.77. The van der Waals surface area contributed by atoms with Crippen molar-refractivity contribution >= 4 is 0 Å². The van der Waals surface area contributed by atoms with Crippen molar-refractivity contribution in [3.05, 3.63) is 30.7 Å². The SMILES string of the molecule is [CH2-]c1ccc(OC)c(OC)c1.[Zn+2]. The van der Waals surface area contributed by atoms with E-state index in [1.165, 1.54) is 0 Å². The standard InChI is InChI=1S/C9H11O2.Zn/c1-7-4-5-8(10-2)9(6-7)11-3;/h4-6H,1H2,2-3H3;/q-1;+2. The summed E-state index contributed by atoms with van der Waals surface area (Å²) in [5.41, 5.74) is 0.919. The normalized spacial score (nSPS) is 8.50. The fraction of sp³-hybridized carbons (Fsp3) is 0.222. The second-order valence-corrected chi connectivity index (χ2v) is 2.19. The number of benzene rings is 1. The van der Waals surface area contributed by atoms with Crippen molar-refractivity contribution in [2.45, 2.75) is 0 Å². The Labute approximate surface area is 85.6 Å². The van der Waals surface area contributed by atoms with Gasteiger partial charge in [0, 0.05) is 0 Å². The summed E-state index contributed by atoms with van der Waals surface area (Å²) in [5.74, 6) is 1.46. The molecule has 0 saturated heterocycles. The maximum Gasteiger partial charge on any atom is 2.00 e. The van der Waals surface area contributed by atoms with Gasteiger partial charge in [0.1, 0.15) is 11.5 Å². The van der Waals surface area contributed by atoms with Gasteiger partial charge in [0.15, 0.2) is 0 Å². The average molecular weight is 217 g/mol. The van der Waals surface area contributed by atoms with Gasteiger partial charge in [0.25, 0.3) is 0 Å². The molecule has 2 nitrogen and oxygen atoms in total. The van der Waals surface area contributed by atoms with Gasteiger partial charge in [-0.2, -0.15) is 18.6 Å². The first kappa shape index (κ1) is 11.3. The maximum atomic E-state index is 5.05. The van der Waals surface area contributed by atoms with E-state index in [2.05, 4.69) is 6.92 Å². The third-order valence-corrected chi connectivity index (χ3v) is 1.45. The van der Waals surface area contributed by atoms with Gasteiger partial charge in [0.2, 0.25) is 0 Å². The van der Waals surface area contributed by atoms with Gasteiger partial charge in [-0.1, -0.05) is 6.07 Å². The first-order valence-electron chi connectivity index (χ1n) is 3.32. The minimum Gasteiger partial charge on any atom is -0.506 e. The quantitative estimate of drug-likeness (QED) is 0.555. The van der Waals surface area contributed by atoms with Crippen LogP contribution in [0.3, 0.4) is 0 Å². The van der Waals surface area contributed by atoms with Crippen LogP contribution < -0.4 is 9.47 Å². The predicted octanol–water partition coefficient (Wildman–Crippen LogP) is 1.88. The zero-order valence-corrected chi connectivity index (χ0v) is 10.4. The van der Waals surface area contributed by atoms with Crippen molar-refractivity contribution in [2.24, 2.45) is 0 Å². The second kappa shape index (κ2) is 5.05. The van der Waals surface area contributed by atoms with Gasteiger partial charge in [-0.25, -0.2) is 0 Å². The molecule has 3 heteroatoms. The molecule has 0 fully saturated rings. The third kappa shape index (κ3) is 2.42. The molecule has 0 aromatic heterocycles. The van der Waals surface area contributed by atoms with Crippen LogP contribution in [0.15, 0.2) is 18.2 Å².